The van der Waals surface area contributed by atoms with Crippen LogP contribution >= 0.6 is 11.6 Å². The summed E-state index contributed by atoms with van der Waals surface area (Å²) >= 11 is 5.98. The lowest BCUT2D eigenvalue weighted by Crippen LogP contribution is -2.54. The van der Waals surface area contributed by atoms with Crippen molar-refractivity contribution >= 4 is 39.1 Å². The average molecular weight is 556 g/mol. The molecule has 3 aromatic carbocycles. The van der Waals surface area contributed by atoms with Gasteiger partial charge in [-0.3, -0.25) is 13.9 Å². The molecule has 0 saturated heterocycles. The highest BCUT2D eigenvalue weighted by atomic mass is 35.5. The number of benzene rings is 3. The zero-order chi connectivity index (χ0) is 28.1. The van der Waals surface area contributed by atoms with E-state index in [1.807, 2.05) is 52.0 Å². The van der Waals surface area contributed by atoms with E-state index < -0.39 is 34.1 Å². The van der Waals surface area contributed by atoms with Crippen LogP contribution < -0.4 is 9.62 Å². The SMILES string of the molecule is Cc1ccccc1CN(C(=O)CN(c1ccccc1)S(=O)(=O)c1ccc(Cl)cc1)[C@@H](C)C(=O)NC(C)(C)C. The van der Waals surface area contributed by atoms with Gasteiger partial charge in [-0.2, -0.15) is 0 Å². The van der Waals surface area contributed by atoms with Gasteiger partial charge in [-0.1, -0.05) is 54.1 Å². The first-order chi connectivity index (χ1) is 17.8. The minimum Gasteiger partial charge on any atom is -0.350 e. The minimum atomic E-state index is -4.13. The summed E-state index contributed by atoms with van der Waals surface area (Å²) < 4.78 is 28.5. The maximum absolute atomic E-state index is 13.9. The molecular weight excluding hydrogens is 522 g/mol. The number of nitrogens with zero attached hydrogens (tertiary/aromatic N) is 2. The van der Waals surface area contributed by atoms with Gasteiger partial charge in [0.2, 0.25) is 11.8 Å². The number of para-hydroxylation sites is 1. The molecule has 202 valence electrons. The molecule has 9 heteroatoms. The fourth-order valence-electron chi connectivity index (χ4n) is 3.88. The largest absolute Gasteiger partial charge is 0.350 e. The maximum Gasteiger partial charge on any atom is 0.264 e. The number of nitrogens with one attached hydrogen (secondary N) is 1. The quantitative estimate of drug-likeness (QED) is 0.394. The molecule has 0 aliphatic rings. The van der Waals surface area contributed by atoms with Gasteiger partial charge >= 0.3 is 0 Å². The number of sulfonamides is 1. The summed E-state index contributed by atoms with van der Waals surface area (Å²) in [6.45, 7) is 8.82. The van der Waals surface area contributed by atoms with Gasteiger partial charge < -0.3 is 10.2 Å². The summed E-state index contributed by atoms with van der Waals surface area (Å²) in [4.78, 5) is 28.5. The molecule has 3 aromatic rings. The van der Waals surface area contributed by atoms with Crippen LogP contribution in [0.2, 0.25) is 5.02 Å². The topological polar surface area (TPSA) is 86.8 Å². The number of aryl methyl sites for hydroxylation is 1. The van der Waals surface area contributed by atoms with Crippen molar-refractivity contribution in [1.82, 2.24) is 10.2 Å². The van der Waals surface area contributed by atoms with E-state index in [0.717, 1.165) is 15.4 Å². The number of rotatable bonds is 9. The van der Waals surface area contributed by atoms with Crippen molar-refractivity contribution in [1.29, 1.82) is 0 Å². The average Bonchev–Trinajstić information content (AvgIpc) is 2.86. The van der Waals surface area contributed by atoms with Crippen LogP contribution in [-0.4, -0.2) is 43.3 Å². The second-order valence-corrected chi connectivity index (χ2v) is 12.5. The third kappa shape index (κ3) is 7.36. The summed E-state index contributed by atoms with van der Waals surface area (Å²) in [6.07, 6.45) is 0. The zero-order valence-corrected chi connectivity index (χ0v) is 23.9. The van der Waals surface area contributed by atoms with E-state index in [1.54, 1.807) is 37.3 Å². The number of hydrogen-bond acceptors (Lipinski definition) is 4. The highest BCUT2D eigenvalue weighted by molar-refractivity contribution is 7.92. The smallest absolute Gasteiger partial charge is 0.264 e. The van der Waals surface area contributed by atoms with Crippen LogP contribution in [0.25, 0.3) is 0 Å². The summed E-state index contributed by atoms with van der Waals surface area (Å²) in [6, 6.07) is 21.0. The van der Waals surface area contributed by atoms with E-state index >= 15 is 0 Å². The number of carbonyl (C=O) groups excluding carboxylic acids is 2. The Morgan fingerprint density at radius 3 is 2.08 bits per heavy atom. The molecule has 0 aliphatic carbocycles. The first kappa shape index (κ1) is 29.2. The van der Waals surface area contributed by atoms with Gasteiger partial charge in [0.25, 0.3) is 10.0 Å². The Kier molecular flexibility index (Phi) is 9.22. The van der Waals surface area contributed by atoms with Crippen LogP contribution in [0.15, 0.2) is 83.8 Å². The van der Waals surface area contributed by atoms with Crippen LogP contribution in [0, 0.1) is 6.92 Å². The molecule has 0 bridgehead atoms. The number of halogens is 1. The van der Waals surface area contributed by atoms with E-state index in [1.165, 1.54) is 29.2 Å². The second kappa shape index (κ2) is 12.0. The van der Waals surface area contributed by atoms with Crippen molar-refractivity contribution in [3.63, 3.8) is 0 Å². The Hall–Kier alpha value is -3.36. The van der Waals surface area contributed by atoms with Gasteiger partial charge in [0.05, 0.1) is 10.6 Å². The molecule has 0 saturated carbocycles. The predicted octanol–water partition coefficient (Wildman–Crippen LogP) is 5.18. The fraction of sp³-hybridized carbons (Fsp3) is 0.310. The van der Waals surface area contributed by atoms with Crippen LogP contribution in [0.5, 0.6) is 0 Å². The van der Waals surface area contributed by atoms with E-state index in [9.17, 15) is 18.0 Å². The molecule has 1 atom stereocenters. The van der Waals surface area contributed by atoms with Gasteiger partial charge in [-0.25, -0.2) is 8.42 Å². The van der Waals surface area contributed by atoms with Gasteiger partial charge in [-0.05, 0) is 82.1 Å². The maximum atomic E-state index is 13.9. The standard InChI is InChI=1S/C29H34ClN3O4S/c1-21-11-9-10-12-23(21)19-32(22(2)28(35)31-29(3,4)5)27(34)20-33(25-13-7-6-8-14-25)38(36,37)26-17-15-24(30)16-18-26/h6-18,22H,19-20H2,1-5H3,(H,31,35)/t22-/m0/s1. The molecular formula is C29H34ClN3O4S. The molecule has 0 aromatic heterocycles. The number of hydrogen-bond donors (Lipinski definition) is 1. The highest BCUT2D eigenvalue weighted by Crippen LogP contribution is 2.25. The minimum absolute atomic E-state index is 0.00234. The van der Waals surface area contributed by atoms with Crippen LogP contribution in [0.3, 0.4) is 0 Å². The molecule has 7 nitrogen and oxygen atoms in total. The van der Waals surface area contributed by atoms with Crippen molar-refractivity contribution < 1.29 is 18.0 Å². The third-order valence-corrected chi connectivity index (χ3v) is 8.03. The van der Waals surface area contributed by atoms with Crippen LogP contribution in [0.1, 0.15) is 38.8 Å². The Balaban J connectivity index is 2.02. The van der Waals surface area contributed by atoms with E-state index in [2.05, 4.69) is 5.32 Å². The molecule has 0 radical (unpaired) electrons. The van der Waals surface area contributed by atoms with Crippen molar-refractivity contribution in [2.75, 3.05) is 10.8 Å². The predicted molar refractivity (Wildman–Crippen MR) is 152 cm³/mol. The number of anilines is 1. The normalized spacial score (nSPS) is 12.5. The summed E-state index contributed by atoms with van der Waals surface area (Å²) in [5.41, 5.74) is 1.65. The van der Waals surface area contributed by atoms with Gasteiger partial charge in [0.1, 0.15) is 12.6 Å². The Bertz CT molecular complexity index is 1370. The summed E-state index contributed by atoms with van der Waals surface area (Å²) in [5, 5.41) is 3.32. The van der Waals surface area contributed by atoms with Crippen LogP contribution in [-0.2, 0) is 26.2 Å². The molecule has 38 heavy (non-hydrogen) atoms. The molecule has 0 spiro atoms. The lowest BCUT2D eigenvalue weighted by Gasteiger charge is -2.33. The monoisotopic (exact) mass is 555 g/mol. The van der Waals surface area contributed by atoms with Crippen LogP contribution in [0.4, 0.5) is 5.69 Å². The lowest BCUT2D eigenvalue weighted by molar-refractivity contribution is -0.140. The molecule has 2 amide bonds. The highest BCUT2D eigenvalue weighted by Gasteiger charge is 2.33. The Morgan fingerprint density at radius 2 is 1.50 bits per heavy atom. The Labute approximate surface area is 230 Å². The van der Waals surface area contributed by atoms with E-state index in [4.69, 9.17) is 11.6 Å². The molecule has 1 N–H and O–H groups in total. The summed E-state index contributed by atoms with van der Waals surface area (Å²) in [5.74, 6) is -0.836. The van der Waals surface area contributed by atoms with Gasteiger partial charge in [0.15, 0.2) is 0 Å². The second-order valence-electron chi connectivity index (χ2n) is 10.2. The molecule has 0 unspecified atom stereocenters. The van der Waals surface area contributed by atoms with E-state index in [0.29, 0.717) is 10.7 Å². The first-order valence-corrected chi connectivity index (χ1v) is 14.1. The third-order valence-electron chi connectivity index (χ3n) is 5.99. The van der Waals surface area contributed by atoms with Crippen molar-refractivity contribution in [2.24, 2.45) is 0 Å². The van der Waals surface area contributed by atoms with Gasteiger partial charge in [0, 0.05) is 17.1 Å². The van der Waals surface area contributed by atoms with Crippen molar-refractivity contribution in [3.8, 4) is 0 Å². The van der Waals surface area contributed by atoms with Crippen molar-refractivity contribution in [3.05, 3.63) is 95.0 Å². The lowest BCUT2D eigenvalue weighted by atomic mass is 10.1. The van der Waals surface area contributed by atoms with Crippen molar-refractivity contribution in [2.45, 2.75) is 57.6 Å². The fourth-order valence-corrected chi connectivity index (χ4v) is 5.42. The number of carbonyl (C=O) groups is 2. The summed E-state index contributed by atoms with van der Waals surface area (Å²) in [7, 11) is -4.13. The molecule has 0 fully saturated rings. The first-order valence-electron chi connectivity index (χ1n) is 12.3. The molecule has 3 rings (SSSR count). The number of amides is 2. The van der Waals surface area contributed by atoms with E-state index in [-0.39, 0.29) is 17.3 Å². The molecule has 0 heterocycles. The molecule has 0 aliphatic heterocycles. The Morgan fingerprint density at radius 1 is 0.921 bits per heavy atom. The van der Waals surface area contributed by atoms with Gasteiger partial charge in [-0.15, -0.1) is 0 Å². The zero-order valence-electron chi connectivity index (χ0n) is 22.3.